The SMILES string of the molecule is O=C(CCCC(CC(=O)OC1CCOCC1)C(=O)COc1c(F)c(F)cc(F)c1F)Cn1ccc2ccc(Cl)cc2c1=O. The second-order valence-electron chi connectivity index (χ2n) is 10.2. The predicted molar refractivity (Wildman–Crippen MR) is 147 cm³/mol. The van der Waals surface area contributed by atoms with Crippen LogP contribution >= 0.6 is 11.6 Å². The maximum Gasteiger partial charge on any atom is 0.306 e. The number of fused-ring (bicyclic) bond motifs is 1. The molecule has 1 atom stereocenters. The molecule has 8 nitrogen and oxygen atoms in total. The minimum absolute atomic E-state index is 0.00657. The Bertz CT molecular complexity index is 1550. The van der Waals surface area contributed by atoms with Gasteiger partial charge in [0, 0.05) is 47.9 Å². The van der Waals surface area contributed by atoms with Gasteiger partial charge in [0.25, 0.3) is 5.56 Å². The topological polar surface area (TPSA) is 101 Å². The first-order valence-corrected chi connectivity index (χ1v) is 14.0. The van der Waals surface area contributed by atoms with Crippen molar-refractivity contribution in [2.75, 3.05) is 19.8 Å². The largest absolute Gasteiger partial charge is 0.480 e. The molecule has 4 rings (SSSR count). The Morgan fingerprint density at radius 2 is 1.72 bits per heavy atom. The van der Waals surface area contributed by atoms with E-state index in [1.807, 2.05) is 0 Å². The molecule has 230 valence electrons. The fraction of sp³-hybridized carbons (Fsp3) is 0.400. The Kier molecular flexibility index (Phi) is 10.9. The normalized spacial score (nSPS) is 14.4. The van der Waals surface area contributed by atoms with Crippen molar-refractivity contribution in [1.29, 1.82) is 0 Å². The number of halogens is 5. The maximum absolute atomic E-state index is 14.0. The summed E-state index contributed by atoms with van der Waals surface area (Å²) in [7, 11) is 0. The number of esters is 1. The van der Waals surface area contributed by atoms with Crippen LogP contribution in [0.4, 0.5) is 17.6 Å². The van der Waals surface area contributed by atoms with Gasteiger partial charge in [0.15, 0.2) is 29.0 Å². The number of pyridine rings is 1. The Hall–Kier alpha value is -3.77. The summed E-state index contributed by atoms with van der Waals surface area (Å²) in [6.45, 7) is -0.413. The summed E-state index contributed by atoms with van der Waals surface area (Å²) in [4.78, 5) is 51.1. The van der Waals surface area contributed by atoms with Crippen molar-refractivity contribution in [3.63, 3.8) is 0 Å². The van der Waals surface area contributed by atoms with Crippen LogP contribution in [0, 0.1) is 29.2 Å². The lowest BCUT2D eigenvalue weighted by Gasteiger charge is -2.23. The second-order valence-corrected chi connectivity index (χ2v) is 10.6. The van der Waals surface area contributed by atoms with Gasteiger partial charge in [-0.3, -0.25) is 19.2 Å². The fourth-order valence-electron chi connectivity index (χ4n) is 4.74. The minimum Gasteiger partial charge on any atom is -0.480 e. The molecule has 13 heteroatoms. The highest BCUT2D eigenvalue weighted by Crippen LogP contribution is 2.27. The van der Waals surface area contributed by atoms with Gasteiger partial charge in [0.05, 0.1) is 26.2 Å². The molecule has 0 bridgehead atoms. The lowest BCUT2D eigenvalue weighted by Crippen LogP contribution is -2.30. The number of carbonyl (C=O) groups is 3. The minimum atomic E-state index is -1.81. The van der Waals surface area contributed by atoms with E-state index in [0.29, 0.717) is 41.9 Å². The number of rotatable bonds is 13. The number of hydrogen-bond donors (Lipinski definition) is 0. The third-order valence-corrected chi connectivity index (χ3v) is 7.30. The van der Waals surface area contributed by atoms with Gasteiger partial charge in [0.2, 0.25) is 11.6 Å². The van der Waals surface area contributed by atoms with E-state index in [-0.39, 0.29) is 37.7 Å². The number of Topliss-reactive ketones (excluding diaryl/α,β-unsaturated/α-hetero) is 2. The zero-order valence-corrected chi connectivity index (χ0v) is 23.6. The third kappa shape index (κ3) is 8.41. The van der Waals surface area contributed by atoms with Crippen LogP contribution in [0.2, 0.25) is 5.02 Å². The molecule has 1 aliphatic rings. The van der Waals surface area contributed by atoms with Gasteiger partial charge < -0.3 is 18.8 Å². The molecule has 1 unspecified atom stereocenters. The number of nitrogens with zero attached hydrogens (tertiary/aromatic N) is 1. The molecule has 0 amide bonds. The summed E-state index contributed by atoms with van der Waals surface area (Å²) in [5.41, 5.74) is -0.400. The van der Waals surface area contributed by atoms with Crippen molar-refractivity contribution < 1.29 is 46.2 Å². The molecule has 3 aromatic rings. The molecule has 0 N–H and O–H groups in total. The van der Waals surface area contributed by atoms with E-state index < -0.39 is 71.4 Å². The Labute approximate surface area is 248 Å². The summed E-state index contributed by atoms with van der Waals surface area (Å²) >= 11 is 5.99. The van der Waals surface area contributed by atoms with Gasteiger partial charge in [-0.1, -0.05) is 17.7 Å². The van der Waals surface area contributed by atoms with Gasteiger partial charge >= 0.3 is 5.97 Å². The number of carbonyl (C=O) groups excluding carboxylic acids is 3. The summed E-state index contributed by atoms with van der Waals surface area (Å²) in [5, 5.41) is 1.38. The number of ether oxygens (including phenoxy) is 3. The van der Waals surface area contributed by atoms with Crippen molar-refractivity contribution in [2.45, 2.75) is 51.2 Å². The Morgan fingerprint density at radius 3 is 2.42 bits per heavy atom. The van der Waals surface area contributed by atoms with Gasteiger partial charge in [-0.2, -0.15) is 8.78 Å². The van der Waals surface area contributed by atoms with E-state index in [2.05, 4.69) is 0 Å². The zero-order chi connectivity index (χ0) is 31.1. The van der Waals surface area contributed by atoms with E-state index in [4.69, 9.17) is 25.8 Å². The fourth-order valence-corrected chi connectivity index (χ4v) is 4.91. The molecule has 1 saturated heterocycles. The standard InChI is InChI=1S/C30H28ClF4NO7/c31-19-5-4-17-6-9-36(30(40)22(17)13-19)15-20(37)3-1-2-18(12-26(39)43-21-7-10-41-11-8-21)25(38)16-42-29-27(34)23(32)14-24(33)28(29)35/h4-6,9,13-14,18,21H,1-3,7-8,10-12,15-16H2. The van der Waals surface area contributed by atoms with E-state index in [1.54, 1.807) is 18.2 Å². The molecule has 43 heavy (non-hydrogen) atoms. The first-order chi connectivity index (χ1) is 20.5. The highest BCUT2D eigenvalue weighted by molar-refractivity contribution is 6.31. The average molecular weight is 626 g/mol. The molecule has 0 aliphatic carbocycles. The monoisotopic (exact) mass is 625 g/mol. The van der Waals surface area contributed by atoms with Gasteiger partial charge in [-0.15, -0.1) is 0 Å². The predicted octanol–water partition coefficient (Wildman–Crippen LogP) is 5.33. The van der Waals surface area contributed by atoms with Crippen LogP contribution in [-0.2, 0) is 30.4 Å². The second kappa shape index (κ2) is 14.6. The number of hydrogen-bond acceptors (Lipinski definition) is 7. The summed E-state index contributed by atoms with van der Waals surface area (Å²) in [5.74, 6) is -11.3. The van der Waals surface area contributed by atoms with Crippen LogP contribution in [0.1, 0.15) is 38.5 Å². The summed E-state index contributed by atoms with van der Waals surface area (Å²) in [6, 6.07) is 6.52. The third-order valence-electron chi connectivity index (χ3n) is 7.06. The molecular formula is C30H28ClF4NO7. The molecule has 2 heterocycles. The molecule has 0 spiro atoms. The smallest absolute Gasteiger partial charge is 0.306 e. The Morgan fingerprint density at radius 1 is 1.02 bits per heavy atom. The van der Waals surface area contributed by atoms with Crippen LogP contribution < -0.4 is 10.3 Å². The van der Waals surface area contributed by atoms with Crippen molar-refractivity contribution in [2.24, 2.45) is 5.92 Å². The lowest BCUT2D eigenvalue weighted by atomic mass is 9.93. The molecule has 1 aromatic heterocycles. The van der Waals surface area contributed by atoms with Crippen LogP contribution in [0.25, 0.3) is 10.8 Å². The first kappa shape index (κ1) is 32.2. The number of ketones is 2. The van der Waals surface area contributed by atoms with Crippen molar-refractivity contribution >= 4 is 39.9 Å². The van der Waals surface area contributed by atoms with Crippen molar-refractivity contribution in [3.8, 4) is 5.75 Å². The van der Waals surface area contributed by atoms with Crippen LogP contribution in [0.15, 0.2) is 41.3 Å². The van der Waals surface area contributed by atoms with Crippen LogP contribution in [-0.4, -0.2) is 48.0 Å². The highest BCUT2D eigenvalue weighted by atomic mass is 35.5. The van der Waals surface area contributed by atoms with Gasteiger partial charge in [-0.05, 0) is 36.4 Å². The van der Waals surface area contributed by atoms with Crippen LogP contribution in [0.3, 0.4) is 0 Å². The number of aromatic nitrogens is 1. The molecule has 0 radical (unpaired) electrons. The van der Waals surface area contributed by atoms with E-state index >= 15 is 0 Å². The summed E-state index contributed by atoms with van der Waals surface area (Å²) in [6.07, 6.45) is 1.67. The van der Waals surface area contributed by atoms with E-state index in [9.17, 15) is 36.7 Å². The molecular weight excluding hydrogens is 598 g/mol. The highest BCUT2D eigenvalue weighted by Gasteiger charge is 2.28. The van der Waals surface area contributed by atoms with E-state index in [1.165, 1.54) is 16.8 Å². The van der Waals surface area contributed by atoms with Gasteiger partial charge in [0.1, 0.15) is 12.7 Å². The quantitative estimate of drug-likeness (QED) is 0.144. The van der Waals surface area contributed by atoms with Crippen molar-refractivity contribution in [3.05, 3.63) is 75.2 Å². The number of benzene rings is 2. The zero-order valence-electron chi connectivity index (χ0n) is 22.9. The van der Waals surface area contributed by atoms with Gasteiger partial charge in [-0.25, -0.2) is 8.78 Å². The molecule has 2 aromatic carbocycles. The lowest BCUT2D eigenvalue weighted by molar-refractivity contribution is -0.155. The van der Waals surface area contributed by atoms with Crippen molar-refractivity contribution in [1.82, 2.24) is 4.57 Å². The maximum atomic E-state index is 14.0. The molecule has 1 aliphatic heterocycles. The summed E-state index contributed by atoms with van der Waals surface area (Å²) < 4.78 is 71.8. The van der Waals surface area contributed by atoms with E-state index in [0.717, 1.165) is 0 Å². The van der Waals surface area contributed by atoms with Crippen LogP contribution in [0.5, 0.6) is 5.75 Å². The first-order valence-electron chi connectivity index (χ1n) is 13.6. The molecule has 0 saturated carbocycles. The molecule has 1 fully saturated rings. The average Bonchev–Trinajstić information content (AvgIpc) is 2.97. The Balaban J connectivity index is 1.39.